The van der Waals surface area contributed by atoms with E-state index < -0.39 is 0 Å². The van der Waals surface area contributed by atoms with Crippen molar-refractivity contribution in [2.45, 2.75) is 38.1 Å². The maximum atomic E-state index is 12.4. The summed E-state index contributed by atoms with van der Waals surface area (Å²) in [6.07, 6.45) is 5.86. The molecule has 0 aromatic rings. The van der Waals surface area contributed by atoms with Gasteiger partial charge in [-0.1, -0.05) is 0 Å². The van der Waals surface area contributed by atoms with E-state index in [9.17, 15) is 4.79 Å². The van der Waals surface area contributed by atoms with Crippen molar-refractivity contribution < 1.29 is 4.79 Å². The molecule has 0 radical (unpaired) electrons. The van der Waals surface area contributed by atoms with Crippen molar-refractivity contribution in [1.29, 1.82) is 0 Å². The van der Waals surface area contributed by atoms with Gasteiger partial charge in [0.2, 0.25) is 5.91 Å². The van der Waals surface area contributed by atoms with Crippen LogP contribution in [0.1, 0.15) is 32.1 Å². The molecule has 1 unspecified atom stereocenters. The number of rotatable bonds is 4. The number of nitrogens with one attached hydrogen (secondary N) is 1. The van der Waals surface area contributed by atoms with Gasteiger partial charge in [-0.15, -0.1) is 0 Å². The van der Waals surface area contributed by atoms with E-state index in [1.54, 1.807) is 0 Å². The summed E-state index contributed by atoms with van der Waals surface area (Å²) in [4.78, 5) is 17.1. The van der Waals surface area contributed by atoms with Crippen molar-refractivity contribution in [2.75, 3.05) is 50.8 Å². The maximum absolute atomic E-state index is 12.4. The zero-order chi connectivity index (χ0) is 14.5. The molecule has 4 nitrogen and oxygen atoms in total. The highest BCUT2D eigenvalue weighted by atomic mass is 32.2. The standard InChI is InChI=1S/C16H29N3OS/c20-16(11-15-13-21-10-5-17-15)19-8-3-14(4-9-19)12-18-6-1-2-7-18/h14-15,17H,1-13H2. The Labute approximate surface area is 133 Å². The second-order valence-corrected chi connectivity index (χ2v) is 7.91. The Morgan fingerprint density at radius 2 is 1.90 bits per heavy atom. The molecular weight excluding hydrogens is 282 g/mol. The Balaban J connectivity index is 1.37. The Kier molecular flexibility index (Phi) is 5.83. The molecule has 3 aliphatic rings. The van der Waals surface area contributed by atoms with E-state index in [4.69, 9.17) is 0 Å². The summed E-state index contributed by atoms with van der Waals surface area (Å²) in [5.74, 6) is 3.47. The zero-order valence-electron chi connectivity index (χ0n) is 13.1. The van der Waals surface area contributed by atoms with Gasteiger partial charge in [0.1, 0.15) is 0 Å². The highest BCUT2D eigenvalue weighted by Gasteiger charge is 2.26. The molecule has 3 rings (SSSR count). The van der Waals surface area contributed by atoms with Crippen LogP contribution in [0.15, 0.2) is 0 Å². The lowest BCUT2D eigenvalue weighted by molar-refractivity contribution is -0.133. The molecule has 120 valence electrons. The van der Waals surface area contributed by atoms with Crippen LogP contribution >= 0.6 is 11.8 Å². The van der Waals surface area contributed by atoms with Crippen molar-refractivity contribution >= 4 is 17.7 Å². The van der Waals surface area contributed by atoms with Crippen LogP contribution in [-0.4, -0.2) is 72.5 Å². The molecule has 0 aromatic heterocycles. The molecule has 0 aromatic carbocycles. The Hall–Kier alpha value is -0.260. The van der Waals surface area contributed by atoms with E-state index in [1.807, 2.05) is 11.8 Å². The van der Waals surface area contributed by atoms with E-state index in [2.05, 4.69) is 15.1 Å². The second kappa shape index (κ2) is 7.84. The van der Waals surface area contributed by atoms with Gasteiger partial charge in [0.25, 0.3) is 0 Å². The summed E-state index contributed by atoms with van der Waals surface area (Å²) in [5, 5.41) is 3.47. The van der Waals surface area contributed by atoms with Gasteiger partial charge >= 0.3 is 0 Å². The van der Waals surface area contributed by atoms with Gasteiger partial charge in [-0.25, -0.2) is 0 Å². The van der Waals surface area contributed by atoms with Gasteiger partial charge in [-0.05, 0) is 44.7 Å². The SMILES string of the molecule is O=C(CC1CSCCN1)N1CCC(CN2CCCC2)CC1. The van der Waals surface area contributed by atoms with Gasteiger partial charge in [0.15, 0.2) is 0 Å². The average molecular weight is 311 g/mol. The molecule has 0 spiro atoms. The number of piperidine rings is 1. The Bertz CT molecular complexity index is 332. The Morgan fingerprint density at radius 1 is 1.14 bits per heavy atom. The van der Waals surface area contributed by atoms with Gasteiger partial charge in [0, 0.05) is 50.1 Å². The van der Waals surface area contributed by atoms with Crippen molar-refractivity contribution in [1.82, 2.24) is 15.1 Å². The molecule has 3 aliphatic heterocycles. The molecule has 5 heteroatoms. The number of hydrogen-bond donors (Lipinski definition) is 1. The fourth-order valence-corrected chi connectivity index (χ4v) is 4.74. The molecule has 0 saturated carbocycles. The highest BCUT2D eigenvalue weighted by Crippen LogP contribution is 2.21. The lowest BCUT2D eigenvalue weighted by Crippen LogP contribution is -2.45. The monoisotopic (exact) mass is 311 g/mol. The number of thioether (sulfide) groups is 1. The van der Waals surface area contributed by atoms with Crippen LogP contribution in [-0.2, 0) is 4.79 Å². The van der Waals surface area contributed by atoms with Crippen LogP contribution in [0, 0.1) is 5.92 Å². The molecule has 3 saturated heterocycles. The molecule has 3 fully saturated rings. The number of carbonyl (C=O) groups is 1. The van der Waals surface area contributed by atoms with Crippen molar-refractivity contribution in [2.24, 2.45) is 5.92 Å². The minimum absolute atomic E-state index is 0.370. The summed E-state index contributed by atoms with van der Waals surface area (Å²) in [7, 11) is 0. The highest BCUT2D eigenvalue weighted by molar-refractivity contribution is 7.99. The van der Waals surface area contributed by atoms with E-state index >= 15 is 0 Å². The Morgan fingerprint density at radius 3 is 2.57 bits per heavy atom. The maximum Gasteiger partial charge on any atom is 0.224 e. The quantitative estimate of drug-likeness (QED) is 0.852. The summed E-state index contributed by atoms with van der Waals surface area (Å²) >= 11 is 1.97. The van der Waals surface area contributed by atoms with Crippen LogP contribution in [0.25, 0.3) is 0 Å². The normalized spacial score (nSPS) is 29.0. The molecule has 21 heavy (non-hydrogen) atoms. The van der Waals surface area contributed by atoms with E-state index in [0.717, 1.165) is 31.3 Å². The number of carbonyl (C=O) groups excluding carboxylic acids is 1. The first-order valence-electron chi connectivity index (χ1n) is 8.62. The molecule has 1 amide bonds. The zero-order valence-corrected chi connectivity index (χ0v) is 13.9. The van der Waals surface area contributed by atoms with Crippen LogP contribution in [0.2, 0.25) is 0 Å². The number of likely N-dealkylation sites (tertiary alicyclic amines) is 2. The van der Waals surface area contributed by atoms with E-state index in [1.165, 1.54) is 51.1 Å². The first-order chi connectivity index (χ1) is 10.3. The summed E-state index contributed by atoms with van der Waals surface area (Å²) in [6.45, 7) is 6.88. The number of nitrogens with zero attached hydrogens (tertiary/aromatic N) is 2. The predicted molar refractivity (Wildman–Crippen MR) is 88.7 cm³/mol. The topological polar surface area (TPSA) is 35.6 Å². The fourth-order valence-electron chi connectivity index (χ4n) is 3.79. The van der Waals surface area contributed by atoms with Crippen molar-refractivity contribution in [3.63, 3.8) is 0 Å². The van der Waals surface area contributed by atoms with E-state index in [-0.39, 0.29) is 0 Å². The lowest BCUT2D eigenvalue weighted by Gasteiger charge is -2.35. The van der Waals surface area contributed by atoms with Crippen LogP contribution in [0.5, 0.6) is 0 Å². The van der Waals surface area contributed by atoms with Gasteiger partial charge in [-0.3, -0.25) is 4.79 Å². The predicted octanol–water partition coefficient (Wildman–Crippen LogP) is 1.42. The largest absolute Gasteiger partial charge is 0.343 e. The third-order valence-corrected chi connectivity index (χ3v) is 6.23. The first-order valence-corrected chi connectivity index (χ1v) is 9.78. The van der Waals surface area contributed by atoms with Gasteiger partial charge in [-0.2, -0.15) is 11.8 Å². The molecule has 3 heterocycles. The average Bonchev–Trinajstić information content (AvgIpc) is 3.02. The summed E-state index contributed by atoms with van der Waals surface area (Å²) < 4.78 is 0. The molecule has 0 bridgehead atoms. The molecule has 1 atom stereocenters. The minimum atomic E-state index is 0.370. The van der Waals surface area contributed by atoms with Crippen molar-refractivity contribution in [3.05, 3.63) is 0 Å². The summed E-state index contributed by atoms with van der Waals surface area (Å²) in [6, 6.07) is 0.401. The van der Waals surface area contributed by atoms with E-state index in [0.29, 0.717) is 18.4 Å². The van der Waals surface area contributed by atoms with Gasteiger partial charge < -0.3 is 15.1 Å². The molecule has 1 N–H and O–H groups in total. The van der Waals surface area contributed by atoms with Crippen LogP contribution < -0.4 is 5.32 Å². The number of amides is 1. The van der Waals surface area contributed by atoms with Crippen molar-refractivity contribution in [3.8, 4) is 0 Å². The molecule has 0 aliphatic carbocycles. The fraction of sp³-hybridized carbons (Fsp3) is 0.938. The van der Waals surface area contributed by atoms with Gasteiger partial charge in [0.05, 0.1) is 0 Å². The first kappa shape index (κ1) is 15.6. The summed E-state index contributed by atoms with van der Waals surface area (Å²) in [5.41, 5.74) is 0. The smallest absolute Gasteiger partial charge is 0.224 e. The third-order valence-electron chi connectivity index (χ3n) is 5.10. The second-order valence-electron chi connectivity index (χ2n) is 6.76. The third kappa shape index (κ3) is 4.60. The minimum Gasteiger partial charge on any atom is -0.343 e. The lowest BCUT2D eigenvalue weighted by atomic mass is 9.96. The van der Waals surface area contributed by atoms with Crippen LogP contribution in [0.4, 0.5) is 0 Å². The van der Waals surface area contributed by atoms with Crippen LogP contribution in [0.3, 0.4) is 0 Å². The number of hydrogen-bond acceptors (Lipinski definition) is 4. The molecular formula is C16H29N3OS.